The number of aliphatic hydroxyl groups is 1. The summed E-state index contributed by atoms with van der Waals surface area (Å²) in [6.45, 7) is 1.66. The highest BCUT2D eigenvalue weighted by Crippen LogP contribution is 2.33. The molecule has 0 unspecified atom stereocenters. The van der Waals surface area contributed by atoms with Crippen LogP contribution in [0.4, 0.5) is 0 Å². The monoisotopic (exact) mass is 469 g/mol. The summed E-state index contributed by atoms with van der Waals surface area (Å²) >= 11 is 1.64. The maximum Gasteiger partial charge on any atom is 0.259 e. The van der Waals surface area contributed by atoms with Crippen molar-refractivity contribution in [2.75, 3.05) is 13.2 Å². The zero-order valence-corrected chi connectivity index (χ0v) is 19.1. The molecule has 1 aliphatic carbocycles. The van der Waals surface area contributed by atoms with E-state index >= 15 is 0 Å². The van der Waals surface area contributed by atoms with Crippen molar-refractivity contribution in [3.05, 3.63) is 74.9 Å². The van der Waals surface area contributed by atoms with Crippen molar-refractivity contribution in [3.63, 3.8) is 0 Å². The number of H-pyrrole nitrogens is 1. The lowest BCUT2D eigenvalue weighted by molar-refractivity contribution is 0.00125. The van der Waals surface area contributed by atoms with Crippen molar-refractivity contribution in [2.45, 2.75) is 51.5 Å². The maximum absolute atomic E-state index is 12.9. The fraction of sp³-hybridized carbons (Fsp3) is 0.417. The Balaban J connectivity index is 1.30. The first-order chi connectivity index (χ1) is 16.2. The summed E-state index contributed by atoms with van der Waals surface area (Å²) in [7, 11) is 0. The Morgan fingerprint density at radius 1 is 1.15 bits per heavy atom. The summed E-state index contributed by atoms with van der Waals surface area (Å²) in [5, 5.41) is 11.3. The molecule has 0 radical (unpaired) electrons. The molecule has 4 aromatic heterocycles. The van der Waals surface area contributed by atoms with Crippen molar-refractivity contribution in [3.8, 4) is 0 Å². The van der Waals surface area contributed by atoms with Crippen LogP contribution in [0, 0.1) is 0 Å². The fourth-order valence-corrected chi connectivity index (χ4v) is 5.63. The molecule has 1 aliphatic rings. The van der Waals surface area contributed by atoms with Crippen LogP contribution in [-0.4, -0.2) is 39.2 Å². The Bertz CT molecular complexity index is 1230. The fourth-order valence-electron chi connectivity index (χ4n) is 4.34. The molecule has 174 valence electrons. The number of fused-ring (bicyclic) bond motifs is 3. The van der Waals surface area contributed by atoms with Gasteiger partial charge in [-0.2, -0.15) is 0 Å². The molecule has 2 N–H and O–H groups in total. The standard InChI is InChI=1S/C24H27N3O5S/c28-16(14-30-15-18-6-4-10-32-18)11-27(12-17-5-3-9-31-17)13-21-25-23(29)22-19-7-1-2-8-20(19)33-24(22)26-21/h3-6,9-10,16,28H,1-2,7-8,11-15H2,(H,25,26,29)/t16-/m1/s1. The Hall–Kier alpha value is -2.72. The predicted octanol–water partition coefficient (Wildman–Crippen LogP) is 3.63. The number of thiophene rings is 1. The van der Waals surface area contributed by atoms with E-state index in [1.807, 2.05) is 23.1 Å². The maximum atomic E-state index is 12.9. The van der Waals surface area contributed by atoms with Crippen LogP contribution < -0.4 is 5.56 Å². The number of aromatic nitrogens is 2. The molecular formula is C24H27N3O5S. The first kappa shape index (κ1) is 22.1. The second-order valence-corrected chi connectivity index (χ2v) is 9.48. The number of hydrogen-bond acceptors (Lipinski definition) is 8. The molecule has 0 saturated carbocycles. The van der Waals surface area contributed by atoms with Crippen LogP contribution >= 0.6 is 11.3 Å². The van der Waals surface area contributed by atoms with Crippen LogP contribution in [0.1, 0.15) is 40.6 Å². The van der Waals surface area contributed by atoms with Gasteiger partial charge < -0.3 is 23.7 Å². The predicted molar refractivity (Wildman–Crippen MR) is 124 cm³/mol. The van der Waals surface area contributed by atoms with Crippen molar-refractivity contribution >= 4 is 21.6 Å². The first-order valence-corrected chi connectivity index (χ1v) is 12.0. The minimum atomic E-state index is -0.723. The Morgan fingerprint density at radius 3 is 2.73 bits per heavy atom. The molecule has 1 atom stereocenters. The molecule has 0 saturated heterocycles. The van der Waals surface area contributed by atoms with E-state index in [1.54, 1.807) is 29.9 Å². The van der Waals surface area contributed by atoms with Crippen molar-refractivity contribution < 1.29 is 18.7 Å². The van der Waals surface area contributed by atoms with E-state index in [-0.39, 0.29) is 12.2 Å². The van der Waals surface area contributed by atoms with Gasteiger partial charge >= 0.3 is 0 Å². The van der Waals surface area contributed by atoms with Crippen LogP contribution in [0.25, 0.3) is 10.2 Å². The molecule has 4 aromatic rings. The van der Waals surface area contributed by atoms with Gasteiger partial charge in [-0.25, -0.2) is 4.98 Å². The van der Waals surface area contributed by atoms with Crippen LogP contribution in [0.2, 0.25) is 0 Å². The SMILES string of the molecule is O=c1[nH]c(CN(Cc2ccco2)C[C@@H](O)COCc2ccco2)nc2sc3c(c12)CCCC3. The van der Waals surface area contributed by atoms with E-state index < -0.39 is 6.10 Å². The number of nitrogens with zero attached hydrogens (tertiary/aromatic N) is 2. The largest absolute Gasteiger partial charge is 0.468 e. The molecule has 9 heteroatoms. The molecule has 0 bridgehead atoms. The van der Waals surface area contributed by atoms with E-state index in [4.69, 9.17) is 18.6 Å². The lowest BCUT2D eigenvalue weighted by Crippen LogP contribution is -2.35. The molecule has 0 amide bonds. The topological polar surface area (TPSA) is 105 Å². The van der Waals surface area contributed by atoms with Gasteiger partial charge in [-0.1, -0.05) is 0 Å². The van der Waals surface area contributed by atoms with Crippen molar-refractivity contribution in [2.24, 2.45) is 0 Å². The molecule has 33 heavy (non-hydrogen) atoms. The lowest BCUT2D eigenvalue weighted by Gasteiger charge is -2.23. The van der Waals surface area contributed by atoms with Crippen LogP contribution in [0.15, 0.2) is 50.4 Å². The number of rotatable bonds is 10. The molecule has 0 spiro atoms. The summed E-state index contributed by atoms with van der Waals surface area (Å²) < 4.78 is 16.3. The minimum Gasteiger partial charge on any atom is -0.468 e. The van der Waals surface area contributed by atoms with E-state index in [0.717, 1.165) is 35.2 Å². The van der Waals surface area contributed by atoms with Gasteiger partial charge in [0.05, 0.1) is 43.7 Å². The molecule has 8 nitrogen and oxygen atoms in total. The van der Waals surface area contributed by atoms with E-state index in [1.165, 1.54) is 16.9 Å². The minimum absolute atomic E-state index is 0.0744. The number of ether oxygens (including phenoxy) is 1. The Morgan fingerprint density at radius 2 is 1.94 bits per heavy atom. The van der Waals surface area contributed by atoms with Gasteiger partial charge in [-0.15, -0.1) is 11.3 Å². The highest BCUT2D eigenvalue weighted by molar-refractivity contribution is 7.18. The van der Waals surface area contributed by atoms with Crippen LogP contribution in [-0.2, 0) is 37.3 Å². The van der Waals surface area contributed by atoms with Gasteiger partial charge in [0.25, 0.3) is 5.56 Å². The smallest absolute Gasteiger partial charge is 0.259 e. The molecule has 4 heterocycles. The van der Waals surface area contributed by atoms with Gasteiger partial charge in [0, 0.05) is 11.4 Å². The van der Waals surface area contributed by atoms with E-state index in [2.05, 4.69) is 4.98 Å². The lowest BCUT2D eigenvalue weighted by atomic mass is 9.97. The quantitative estimate of drug-likeness (QED) is 0.365. The Kier molecular flexibility index (Phi) is 6.73. The first-order valence-electron chi connectivity index (χ1n) is 11.2. The van der Waals surface area contributed by atoms with Crippen molar-refractivity contribution in [1.82, 2.24) is 14.9 Å². The van der Waals surface area contributed by atoms with E-state index in [9.17, 15) is 9.90 Å². The molecule has 0 aliphatic heterocycles. The average Bonchev–Trinajstić information content (AvgIpc) is 3.54. The summed E-state index contributed by atoms with van der Waals surface area (Å²) in [5.41, 5.74) is 1.10. The van der Waals surface area contributed by atoms with Crippen LogP contribution in [0.3, 0.4) is 0 Å². The van der Waals surface area contributed by atoms with E-state index in [0.29, 0.717) is 37.8 Å². The number of aliphatic hydroxyl groups excluding tert-OH is 1. The summed E-state index contributed by atoms with van der Waals surface area (Å²) in [4.78, 5) is 24.8. The van der Waals surface area contributed by atoms with Gasteiger partial charge in [0.2, 0.25) is 0 Å². The number of aromatic amines is 1. The second kappa shape index (κ2) is 10.0. The van der Waals surface area contributed by atoms with Crippen molar-refractivity contribution in [1.29, 1.82) is 0 Å². The molecule has 0 aromatic carbocycles. The average molecular weight is 470 g/mol. The normalized spacial score (nSPS) is 14.7. The van der Waals surface area contributed by atoms with Crippen LogP contribution in [0.5, 0.6) is 0 Å². The molecule has 5 rings (SSSR count). The third kappa shape index (κ3) is 5.27. The van der Waals surface area contributed by atoms with Gasteiger partial charge in [-0.05, 0) is 55.5 Å². The summed E-state index contributed by atoms with van der Waals surface area (Å²) in [6, 6.07) is 7.35. The zero-order chi connectivity index (χ0) is 22.6. The molecule has 0 fully saturated rings. The van der Waals surface area contributed by atoms with Gasteiger partial charge in [-0.3, -0.25) is 9.69 Å². The number of hydrogen-bond donors (Lipinski definition) is 2. The van der Waals surface area contributed by atoms with Gasteiger partial charge in [0.1, 0.15) is 28.8 Å². The highest BCUT2D eigenvalue weighted by Gasteiger charge is 2.21. The number of aryl methyl sites for hydroxylation is 2. The second-order valence-electron chi connectivity index (χ2n) is 8.40. The van der Waals surface area contributed by atoms with Gasteiger partial charge in [0.15, 0.2) is 0 Å². The Labute approximate surface area is 194 Å². The third-order valence-electron chi connectivity index (χ3n) is 5.81. The summed E-state index contributed by atoms with van der Waals surface area (Å²) in [5.74, 6) is 2.07. The summed E-state index contributed by atoms with van der Waals surface area (Å²) in [6.07, 6.45) is 6.76. The number of furan rings is 2. The highest BCUT2D eigenvalue weighted by atomic mass is 32.1. The number of nitrogens with one attached hydrogen (secondary N) is 1. The zero-order valence-electron chi connectivity index (χ0n) is 18.3. The third-order valence-corrected chi connectivity index (χ3v) is 7.00. The molecular weight excluding hydrogens is 442 g/mol.